The first-order valence-corrected chi connectivity index (χ1v) is 9.12. The molecule has 0 saturated carbocycles. The maximum Gasteiger partial charge on any atom is 0.336 e. The van der Waals surface area contributed by atoms with Crippen LogP contribution in [0.15, 0.2) is 57.7 Å². The second kappa shape index (κ2) is 7.48. The zero-order chi connectivity index (χ0) is 19.7. The van der Waals surface area contributed by atoms with E-state index < -0.39 is 11.7 Å². The zero-order valence-electron chi connectivity index (χ0n) is 15.8. The van der Waals surface area contributed by atoms with Gasteiger partial charge in [0.05, 0.1) is 12.7 Å². The van der Waals surface area contributed by atoms with Crippen LogP contribution in [0.2, 0.25) is 0 Å². The first-order chi connectivity index (χ1) is 13.6. The topological polar surface area (TPSA) is 69.0 Å². The van der Waals surface area contributed by atoms with Crippen molar-refractivity contribution in [3.05, 3.63) is 75.6 Å². The molecule has 0 radical (unpaired) electrons. The summed E-state index contributed by atoms with van der Waals surface area (Å²) in [4.78, 5) is 26.3. The Bertz CT molecular complexity index is 1070. The number of hydrogen-bond acceptors (Lipinski definition) is 6. The molecule has 1 aliphatic heterocycles. The molecule has 4 rings (SSSR count). The largest absolute Gasteiger partial charge is 0.478 e. The summed E-state index contributed by atoms with van der Waals surface area (Å²) >= 11 is 0. The lowest BCUT2D eigenvalue weighted by atomic mass is 10.0. The van der Waals surface area contributed by atoms with Crippen molar-refractivity contribution in [2.24, 2.45) is 0 Å². The Labute approximate surface area is 162 Å². The van der Waals surface area contributed by atoms with E-state index in [-0.39, 0.29) is 12.7 Å². The van der Waals surface area contributed by atoms with E-state index in [1.807, 2.05) is 54.3 Å². The molecule has 28 heavy (non-hydrogen) atoms. The van der Waals surface area contributed by atoms with Crippen LogP contribution in [0.25, 0.3) is 11.0 Å². The quantitative estimate of drug-likeness (QED) is 0.513. The summed E-state index contributed by atoms with van der Waals surface area (Å²) in [5.41, 5.74) is 2.76. The second-order valence-electron chi connectivity index (χ2n) is 6.92. The number of aryl methyl sites for hydroxylation is 1. The van der Waals surface area contributed by atoms with Crippen molar-refractivity contribution in [3.63, 3.8) is 0 Å². The number of benzene rings is 2. The van der Waals surface area contributed by atoms with Crippen LogP contribution in [0.1, 0.15) is 16.7 Å². The van der Waals surface area contributed by atoms with Gasteiger partial charge in [0.15, 0.2) is 0 Å². The molecule has 6 nitrogen and oxygen atoms in total. The molecule has 0 aliphatic carbocycles. The van der Waals surface area contributed by atoms with E-state index in [4.69, 9.17) is 13.9 Å². The predicted molar refractivity (Wildman–Crippen MR) is 104 cm³/mol. The fourth-order valence-corrected chi connectivity index (χ4v) is 3.64. The number of ether oxygens (including phenoxy) is 2. The molecule has 0 amide bonds. The first-order valence-electron chi connectivity index (χ1n) is 9.12. The molecule has 1 unspecified atom stereocenters. The summed E-state index contributed by atoms with van der Waals surface area (Å²) < 4.78 is 16.4. The second-order valence-corrected chi connectivity index (χ2v) is 6.92. The van der Waals surface area contributed by atoms with Crippen molar-refractivity contribution >= 4 is 16.9 Å². The van der Waals surface area contributed by atoms with Gasteiger partial charge < -0.3 is 13.9 Å². The van der Waals surface area contributed by atoms with Gasteiger partial charge in [-0.1, -0.05) is 30.3 Å². The summed E-state index contributed by atoms with van der Waals surface area (Å²) in [6, 6.07) is 14.5. The lowest BCUT2D eigenvalue weighted by Crippen LogP contribution is -2.46. The molecule has 1 atom stereocenters. The Morgan fingerprint density at radius 3 is 2.75 bits per heavy atom. The van der Waals surface area contributed by atoms with E-state index in [1.165, 1.54) is 13.2 Å². The molecule has 0 N–H and O–H groups in total. The SMILES string of the molecule is COC(=O)C(Cc1ccccc1)N1COc2ccc3c(C)cc(=O)oc3c2C1. The fourth-order valence-electron chi connectivity index (χ4n) is 3.64. The van der Waals surface area contributed by atoms with E-state index in [9.17, 15) is 9.59 Å². The molecule has 0 saturated heterocycles. The van der Waals surface area contributed by atoms with Gasteiger partial charge in [-0.2, -0.15) is 0 Å². The lowest BCUT2D eigenvalue weighted by Gasteiger charge is -2.34. The normalized spacial score (nSPS) is 14.9. The van der Waals surface area contributed by atoms with Gasteiger partial charge in [0.25, 0.3) is 0 Å². The Morgan fingerprint density at radius 2 is 2.00 bits per heavy atom. The maximum atomic E-state index is 12.5. The molecule has 1 aliphatic rings. The highest BCUT2D eigenvalue weighted by Gasteiger charge is 2.32. The third-order valence-electron chi connectivity index (χ3n) is 5.11. The van der Waals surface area contributed by atoms with Crippen molar-refractivity contribution in [1.29, 1.82) is 0 Å². The van der Waals surface area contributed by atoms with Gasteiger partial charge in [-0.05, 0) is 36.6 Å². The summed E-state index contributed by atoms with van der Waals surface area (Å²) in [6.45, 7) is 2.55. The fraction of sp³-hybridized carbons (Fsp3) is 0.273. The number of carbonyl (C=O) groups is 1. The third kappa shape index (κ3) is 3.39. The molecule has 6 heteroatoms. The highest BCUT2D eigenvalue weighted by molar-refractivity contribution is 5.85. The Balaban J connectivity index is 1.72. The minimum Gasteiger partial charge on any atom is -0.478 e. The summed E-state index contributed by atoms with van der Waals surface area (Å²) in [6.07, 6.45) is 0.500. The number of carbonyl (C=O) groups excluding carboxylic acids is 1. The molecular formula is C22H21NO5. The Kier molecular flexibility index (Phi) is 4.88. The average molecular weight is 379 g/mol. The Morgan fingerprint density at radius 1 is 1.21 bits per heavy atom. The van der Waals surface area contributed by atoms with E-state index in [1.54, 1.807) is 0 Å². The number of methoxy groups -OCH3 is 1. The number of fused-ring (bicyclic) bond motifs is 3. The molecule has 0 bridgehead atoms. The summed E-state index contributed by atoms with van der Waals surface area (Å²) in [5, 5.41) is 0.862. The molecule has 0 fully saturated rings. The number of rotatable bonds is 4. The van der Waals surface area contributed by atoms with Crippen LogP contribution in [0.4, 0.5) is 0 Å². The lowest BCUT2D eigenvalue weighted by molar-refractivity contribution is -0.149. The smallest absolute Gasteiger partial charge is 0.336 e. The van der Waals surface area contributed by atoms with Crippen molar-refractivity contribution in [1.82, 2.24) is 4.90 Å². The Hall–Kier alpha value is -3.12. The minimum atomic E-state index is -0.507. The monoisotopic (exact) mass is 379 g/mol. The average Bonchev–Trinajstić information content (AvgIpc) is 2.71. The molecule has 2 heterocycles. The van der Waals surface area contributed by atoms with Gasteiger partial charge in [-0.15, -0.1) is 0 Å². The molecular weight excluding hydrogens is 358 g/mol. The van der Waals surface area contributed by atoms with E-state index >= 15 is 0 Å². The number of hydrogen-bond donors (Lipinski definition) is 0. The van der Waals surface area contributed by atoms with Gasteiger partial charge in [0.2, 0.25) is 0 Å². The van der Waals surface area contributed by atoms with Gasteiger partial charge in [0.1, 0.15) is 24.1 Å². The molecule has 3 aromatic rings. The van der Waals surface area contributed by atoms with E-state index in [0.29, 0.717) is 24.3 Å². The van der Waals surface area contributed by atoms with Crippen LogP contribution in [-0.2, 0) is 22.5 Å². The molecule has 144 valence electrons. The molecule has 0 spiro atoms. The van der Waals surface area contributed by atoms with Crippen LogP contribution in [0.3, 0.4) is 0 Å². The zero-order valence-corrected chi connectivity index (χ0v) is 15.8. The van der Waals surface area contributed by atoms with Crippen LogP contribution in [0.5, 0.6) is 5.75 Å². The van der Waals surface area contributed by atoms with Crippen molar-refractivity contribution in [2.75, 3.05) is 13.8 Å². The standard InChI is InChI=1S/C22H21NO5/c1-14-10-20(24)28-21-16(14)8-9-19-17(21)12-23(13-27-19)18(22(25)26-2)11-15-6-4-3-5-7-15/h3-10,18H,11-13H2,1-2H3. The first kappa shape index (κ1) is 18.3. The molecule has 2 aromatic carbocycles. The highest BCUT2D eigenvalue weighted by Crippen LogP contribution is 2.33. The summed E-state index contributed by atoms with van der Waals surface area (Å²) in [5.74, 6) is 0.342. The van der Waals surface area contributed by atoms with Crippen molar-refractivity contribution < 1.29 is 18.7 Å². The maximum absolute atomic E-state index is 12.5. The third-order valence-corrected chi connectivity index (χ3v) is 5.11. The van der Waals surface area contributed by atoms with Crippen LogP contribution < -0.4 is 10.4 Å². The van der Waals surface area contributed by atoms with Gasteiger partial charge >= 0.3 is 11.6 Å². The van der Waals surface area contributed by atoms with Crippen LogP contribution >= 0.6 is 0 Å². The van der Waals surface area contributed by atoms with E-state index in [0.717, 1.165) is 22.1 Å². The number of esters is 1. The summed E-state index contributed by atoms with van der Waals surface area (Å²) in [7, 11) is 1.39. The van der Waals surface area contributed by atoms with Gasteiger partial charge in [-0.25, -0.2) is 4.79 Å². The van der Waals surface area contributed by atoms with E-state index in [2.05, 4.69) is 0 Å². The number of nitrogens with zero attached hydrogens (tertiary/aromatic N) is 1. The predicted octanol–water partition coefficient (Wildman–Crippen LogP) is 3.04. The van der Waals surface area contributed by atoms with Crippen molar-refractivity contribution in [3.8, 4) is 5.75 Å². The van der Waals surface area contributed by atoms with Gasteiger partial charge in [-0.3, -0.25) is 9.69 Å². The van der Waals surface area contributed by atoms with Gasteiger partial charge in [0, 0.05) is 18.0 Å². The molecule has 1 aromatic heterocycles. The highest BCUT2D eigenvalue weighted by atomic mass is 16.5. The van der Waals surface area contributed by atoms with Crippen LogP contribution in [0, 0.1) is 6.92 Å². The minimum absolute atomic E-state index is 0.251. The van der Waals surface area contributed by atoms with Crippen molar-refractivity contribution in [2.45, 2.75) is 25.9 Å². The van der Waals surface area contributed by atoms with Crippen LogP contribution in [-0.4, -0.2) is 30.8 Å².